The summed E-state index contributed by atoms with van der Waals surface area (Å²) in [5.41, 5.74) is -0.940. The van der Waals surface area contributed by atoms with Gasteiger partial charge in [-0.2, -0.15) is 13.2 Å². The first-order valence-corrected chi connectivity index (χ1v) is 5.92. The number of hydrogen-bond donors (Lipinski definition) is 1. The fourth-order valence-corrected chi connectivity index (χ4v) is 2.61. The number of fused-ring (bicyclic) bond motifs is 2. The van der Waals surface area contributed by atoms with E-state index < -0.39 is 11.9 Å². The molecule has 2 bridgehead atoms. The summed E-state index contributed by atoms with van der Waals surface area (Å²) < 4.78 is 37.1. The number of halogens is 4. The number of nitrogens with one attached hydrogen (secondary N) is 1. The van der Waals surface area contributed by atoms with Crippen molar-refractivity contribution in [1.82, 2.24) is 15.3 Å². The topological polar surface area (TPSA) is 41.1 Å². The zero-order chi connectivity index (χ0) is 12.8. The lowest BCUT2D eigenvalue weighted by molar-refractivity contribution is -0.141. The Bertz CT molecular complexity index is 425. The number of anilines is 1. The Labute approximate surface area is 114 Å². The van der Waals surface area contributed by atoms with Crippen molar-refractivity contribution < 1.29 is 13.2 Å². The molecule has 1 aromatic rings. The minimum absolute atomic E-state index is 0. The second-order valence-electron chi connectivity index (χ2n) is 4.80. The molecule has 0 amide bonds. The molecule has 2 aliphatic rings. The number of hydrogen-bond acceptors (Lipinski definition) is 4. The first kappa shape index (κ1) is 14.3. The molecule has 1 N–H and O–H groups in total. The maximum absolute atomic E-state index is 12.4. The Morgan fingerprint density at radius 1 is 1.11 bits per heavy atom. The molecule has 3 heterocycles. The predicted octanol–water partition coefficient (Wildman–Crippen LogP) is 1.86. The van der Waals surface area contributed by atoms with E-state index in [-0.39, 0.29) is 12.4 Å². The van der Waals surface area contributed by atoms with Crippen molar-refractivity contribution in [2.45, 2.75) is 31.1 Å². The Kier molecular flexibility index (Phi) is 3.87. The van der Waals surface area contributed by atoms with E-state index in [1.807, 2.05) is 4.90 Å². The molecule has 0 aliphatic carbocycles. The third-order valence-electron chi connectivity index (χ3n) is 3.47. The van der Waals surface area contributed by atoms with Crippen LogP contribution in [0.15, 0.2) is 12.4 Å². The van der Waals surface area contributed by atoms with Crippen LogP contribution in [-0.2, 0) is 6.18 Å². The van der Waals surface area contributed by atoms with Gasteiger partial charge in [-0.1, -0.05) is 0 Å². The molecule has 4 nitrogen and oxygen atoms in total. The van der Waals surface area contributed by atoms with E-state index >= 15 is 0 Å². The Hall–Kier alpha value is -1.08. The molecule has 0 aromatic carbocycles. The fraction of sp³-hybridized carbons (Fsp3) is 0.636. The summed E-state index contributed by atoms with van der Waals surface area (Å²) >= 11 is 0. The summed E-state index contributed by atoms with van der Waals surface area (Å²) in [6, 6.07) is 0.848. The van der Waals surface area contributed by atoms with Gasteiger partial charge in [-0.3, -0.25) is 0 Å². The molecule has 19 heavy (non-hydrogen) atoms. The highest BCUT2D eigenvalue weighted by atomic mass is 35.5. The molecule has 3 rings (SSSR count). The van der Waals surface area contributed by atoms with E-state index in [0.717, 1.165) is 32.1 Å². The molecule has 2 unspecified atom stereocenters. The van der Waals surface area contributed by atoms with Crippen molar-refractivity contribution in [3.8, 4) is 0 Å². The van der Waals surface area contributed by atoms with E-state index in [0.29, 0.717) is 17.9 Å². The lowest BCUT2D eigenvalue weighted by Crippen LogP contribution is -2.51. The monoisotopic (exact) mass is 294 g/mol. The number of nitrogens with zero attached hydrogens (tertiary/aromatic N) is 3. The van der Waals surface area contributed by atoms with Crippen molar-refractivity contribution in [2.75, 3.05) is 18.0 Å². The summed E-state index contributed by atoms with van der Waals surface area (Å²) in [6.07, 6.45) is -0.161. The second kappa shape index (κ2) is 5.13. The van der Waals surface area contributed by atoms with Gasteiger partial charge < -0.3 is 10.2 Å². The normalized spacial score (nSPS) is 26.2. The van der Waals surface area contributed by atoms with Crippen LogP contribution in [0.1, 0.15) is 18.5 Å². The molecule has 0 radical (unpaired) electrons. The molecule has 8 heteroatoms. The first-order valence-electron chi connectivity index (χ1n) is 5.92. The van der Waals surface area contributed by atoms with Crippen molar-refractivity contribution in [3.05, 3.63) is 18.1 Å². The van der Waals surface area contributed by atoms with Gasteiger partial charge in [0.1, 0.15) is 5.82 Å². The van der Waals surface area contributed by atoms with Crippen LogP contribution in [-0.4, -0.2) is 35.1 Å². The maximum Gasteiger partial charge on any atom is 0.434 e. The van der Waals surface area contributed by atoms with Crippen LogP contribution < -0.4 is 10.2 Å². The van der Waals surface area contributed by atoms with Crippen LogP contribution in [0, 0.1) is 0 Å². The van der Waals surface area contributed by atoms with Crippen LogP contribution in [0.25, 0.3) is 0 Å². The number of alkyl halides is 3. The second-order valence-corrected chi connectivity index (χ2v) is 4.80. The van der Waals surface area contributed by atoms with Gasteiger partial charge in [0.15, 0.2) is 5.69 Å². The molecule has 2 aliphatic heterocycles. The van der Waals surface area contributed by atoms with Crippen molar-refractivity contribution >= 4 is 18.2 Å². The predicted molar refractivity (Wildman–Crippen MR) is 66.4 cm³/mol. The molecule has 2 saturated heterocycles. The fourth-order valence-electron chi connectivity index (χ4n) is 2.61. The van der Waals surface area contributed by atoms with Gasteiger partial charge in [-0.15, -0.1) is 12.4 Å². The standard InChI is InChI=1S/C11H13F3N4.ClH/c12-11(13,14)9-3-16-10(4-15-9)18-5-7-1-2-8(6-18)17-7;/h3-4,7-8,17H,1-2,5-6H2;1H. The average molecular weight is 295 g/mol. The summed E-state index contributed by atoms with van der Waals surface area (Å²) in [5, 5.41) is 3.46. The van der Waals surface area contributed by atoms with E-state index in [9.17, 15) is 13.2 Å². The molecule has 2 atom stereocenters. The summed E-state index contributed by atoms with van der Waals surface area (Å²) in [4.78, 5) is 9.33. The van der Waals surface area contributed by atoms with E-state index in [2.05, 4.69) is 15.3 Å². The minimum atomic E-state index is -4.42. The summed E-state index contributed by atoms with van der Waals surface area (Å²) in [6.45, 7) is 1.58. The first-order chi connectivity index (χ1) is 8.52. The Morgan fingerprint density at radius 3 is 2.21 bits per heavy atom. The van der Waals surface area contributed by atoms with E-state index in [4.69, 9.17) is 0 Å². The lowest BCUT2D eigenvalue weighted by atomic mass is 10.2. The zero-order valence-electron chi connectivity index (χ0n) is 10.0. The number of piperazine rings is 1. The van der Waals surface area contributed by atoms with Crippen LogP contribution in [0.3, 0.4) is 0 Å². The van der Waals surface area contributed by atoms with Gasteiger partial charge in [0.2, 0.25) is 0 Å². The van der Waals surface area contributed by atoms with Gasteiger partial charge in [-0.25, -0.2) is 9.97 Å². The van der Waals surface area contributed by atoms with E-state index in [1.54, 1.807) is 0 Å². The average Bonchev–Trinajstić information content (AvgIpc) is 2.67. The van der Waals surface area contributed by atoms with Gasteiger partial charge >= 0.3 is 6.18 Å². The lowest BCUT2D eigenvalue weighted by Gasteiger charge is -2.33. The molecule has 0 saturated carbocycles. The highest BCUT2D eigenvalue weighted by Gasteiger charge is 2.35. The van der Waals surface area contributed by atoms with Gasteiger partial charge in [0.05, 0.1) is 12.4 Å². The smallest absolute Gasteiger partial charge is 0.352 e. The third-order valence-corrected chi connectivity index (χ3v) is 3.47. The van der Waals surface area contributed by atoms with Gasteiger partial charge in [-0.05, 0) is 12.8 Å². The quantitative estimate of drug-likeness (QED) is 0.858. The Balaban J connectivity index is 0.00000133. The summed E-state index contributed by atoms with van der Waals surface area (Å²) in [7, 11) is 0. The molecule has 106 valence electrons. The molecule has 2 fully saturated rings. The minimum Gasteiger partial charge on any atom is -0.352 e. The highest BCUT2D eigenvalue weighted by Crippen LogP contribution is 2.28. The summed E-state index contributed by atoms with van der Waals surface area (Å²) in [5.74, 6) is 0.529. The van der Waals surface area contributed by atoms with Crippen LogP contribution in [0.5, 0.6) is 0 Å². The van der Waals surface area contributed by atoms with Gasteiger partial charge in [0.25, 0.3) is 0 Å². The van der Waals surface area contributed by atoms with Crippen molar-refractivity contribution in [2.24, 2.45) is 0 Å². The van der Waals surface area contributed by atoms with Crippen molar-refractivity contribution in [3.63, 3.8) is 0 Å². The van der Waals surface area contributed by atoms with Crippen LogP contribution in [0.2, 0.25) is 0 Å². The SMILES string of the molecule is Cl.FC(F)(F)c1cnc(N2CC3CCC(C2)N3)cn1. The molecule has 0 spiro atoms. The van der Waals surface area contributed by atoms with Crippen molar-refractivity contribution in [1.29, 1.82) is 0 Å². The Morgan fingerprint density at radius 2 is 1.74 bits per heavy atom. The van der Waals surface area contributed by atoms with Crippen LogP contribution >= 0.6 is 12.4 Å². The third kappa shape index (κ3) is 2.92. The molecule has 1 aromatic heterocycles. The highest BCUT2D eigenvalue weighted by molar-refractivity contribution is 5.85. The largest absolute Gasteiger partial charge is 0.434 e. The molecular weight excluding hydrogens is 281 g/mol. The van der Waals surface area contributed by atoms with Gasteiger partial charge in [0, 0.05) is 25.2 Å². The van der Waals surface area contributed by atoms with E-state index in [1.165, 1.54) is 6.20 Å². The maximum atomic E-state index is 12.4. The number of rotatable bonds is 1. The zero-order valence-corrected chi connectivity index (χ0v) is 10.8. The van der Waals surface area contributed by atoms with Crippen LogP contribution in [0.4, 0.5) is 19.0 Å². The number of aromatic nitrogens is 2. The molecular formula is C11H14ClF3N4.